The second kappa shape index (κ2) is 6.82. The highest BCUT2D eigenvalue weighted by molar-refractivity contribution is 7.16. The zero-order valence-electron chi connectivity index (χ0n) is 14.2. The molecule has 0 unspecified atom stereocenters. The number of benzene rings is 1. The van der Waals surface area contributed by atoms with Crippen LogP contribution in [0.5, 0.6) is 11.5 Å². The average Bonchev–Trinajstić information content (AvgIpc) is 2.97. The normalized spacial score (nSPS) is 18.0. The zero-order chi connectivity index (χ0) is 18.3. The summed E-state index contributed by atoms with van der Waals surface area (Å²) in [7, 11) is 0. The number of nitrogens with zero attached hydrogens (tertiary/aromatic N) is 1. The first kappa shape index (κ1) is 17.2. The van der Waals surface area contributed by atoms with Crippen molar-refractivity contribution in [3.63, 3.8) is 0 Å². The van der Waals surface area contributed by atoms with Crippen molar-refractivity contribution in [3.8, 4) is 17.6 Å². The summed E-state index contributed by atoms with van der Waals surface area (Å²) in [6.45, 7) is 3.07. The smallest absolute Gasteiger partial charge is 0.256 e. The van der Waals surface area contributed by atoms with E-state index in [1.165, 1.54) is 16.2 Å². The van der Waals surface area contributed by atoms with Gasteiger partial charge in [-0.2, -0.15) is 5.26 Å². The van der Waals surface area contributed by atoms with Gasteiger partial charge in [0.2, 0.25) is 0 Å². The number of carbonyl (C=O) groups excluding carboxylic acids is 1. The van der Waals surface area contributed by atoms with E-state index < -0.39 is 0 Å². The molecule has 0 saturated heterocycles. The number of amides is 1. The number of anilines is 1. The van der Waals surface area contributed by atoms with Crippen LogP contribution in [0.3, 0.4) is 0 Å². The molecule has 1 aromatic heterocycles. The van der Waals surface area contributed by atoms with Crippen molar-refractivity contribution in [3.05, 3.63) is 38.7 Å². The molecule has 0 fully saturated rings. The number of hydrogen-bond acceptors (Lipinski definition) is 5. The number of nitrogens with one attached hydrogen (secondary N) is 1. The molecule has 7 heteroatoms. The van der Waals surface area contributed by atoms with Crippen molar-refractivity contribution in [1.29, 1.82) is 5.26 Å². The Morgan fingerprint density at radius 3 is 3.00 bits per heavy atom. The third kappa shape index (κ3) is 3.02. The topological polar surface area (TPSA) is 71.3 Å². The Morgan fingerprint density at radius 2 is 2.19 bits per heavy atom. The van der Waals surface area contributed by atoms with Crippen LogP contribution < -0.4 is 14.8 Å². The van der Waals surface area contributed by atoms with E-state index in [4.69, 9.17) is 21.1 Å². The maximum absolute atomic E-state index is 12.7. The first-order chi connectivity index (χ1) is 12.6. The molecule has 5 nitrogen and oxygen atoms in total. The number of hydrogen-bond donors (Lipinski definition) is 1. The number of halogens is 1. The van der Waals surface area contributed by atoms with Crippen LogP contribution in [0.25, 0.3) is 0 Å². The van der Waals surface area contributed by atoms with Crippen LogP contribution in [-0.4, -0.2) is 19.1 Å². The minimum atomic E-state index is -0.313. The average molecular weight is 389 g/mol. The predicted octanol–water partition coefficient (Wildman–Crippen LogP) is 4.42. The van der Waals surface area contributed by atoms with Gasteiger partial charge in [-0.3, -0.25) is 4.79 Å². The van der Waals surface area contributed by atoms with Crippen LogP contribution >= 0.6 is 22.9 Å². The van der Waals surface area contributed by atoms with E-state index in [-0.39, 0.29) is 5.91 Å². The summed E-state index contributed by atoms with van der Waals surface area (Å²) < 4.78 is 11.0. The van der Waals surface area contributed by atoms with E-state index in [2.05, 4.69) is 18.3 Å². The minimum Gasteiger partial charge on any atom is -0.486 e. The number of rotatable bonds is 2. The fourth-order valence-electron chi connectivity index (χ4n) is 3.37. The summed E-state index contributed by atoms with van der Waals surface area (Å²) in [5.74, 6) is 1.22. The molecule has 26 heavy (non-hydrogen) atoms. The Kier molecular flexibility index (Phi) is 4.51. The lowest BCUT2D eigenvalue weighted by Gasteiger charge is -2.20. The van der Waals surface area contributed by atoms with Crippen LogP contribution in [0.1, 0.15) is 39.7 Å². The summed E-state index contributed by atoms with van der Waals surface area (Å²) in [4.78, 5) is 13.9. The van der Waals surface area contributed by atoms with Crippen molar-refractivity contribution >= 4 is 33.8 Å². The number of carbonyl (C=O) groups is 1. The molecule has 0 saturated carbocycles. The highest BCUT2D eigenvalue weighted by atomic mass is 35.5. The summed E-state index contributed by atoms with van der Waals surface area (Å²) in [6, 6.07) is 5.45. The monoisotopic (exact) mass is 388 g/mol. The van der Waals surface area contributed by atoms with Crippen LogP contribution in [0.2, 0.25) is 5.02 Å². The molecule has 1 N–H and O–H groups in total. The van der Waals surface area contributed by atoms with Crippen molar-refractivity contribution in [2.75, 3.05) is 18.5 Å². The highest BCUT2D eigenvalue weighted by Gasteiger charge is 2.25. The molecule has 0 spiro atoms. The number of nitriles is 1. The van der Waals surface area contributed by atoms with Crippen LogP contribution in [0, 0.1) is 17.2 Å². The maximum atomic E-state index is 12.7. The molecule has 1 atom stereocenters. The number of fused-ring (bicyclic) bond motifs is 2. The van der Waals surface area contributed by atoms with Gasteiger partial charge < -0.3 is 14.8 Å². The first-order valence-electron chi connectivity index (χ1n) is 8.52. The molecule has 0 radical (unpaired) electrons. The van der Waals surface area contributed by atoms with Crippen LogP contribution in [0.4, 0.5) is 5.00 Å². The van der Waals surface area contributed by atoms with Crippen molar-refractivity contribution < 1.29 is 14.3 Å². The number of ether oxygens (including phenoxy) is 2. The van der Waals surface area contributed by atoms with E-state index in [1.807, 2.05) is 0 Å². The van der Waals surface area contributed by atoms with E-state index in [0.717, 1.165) is 24.8 Å². The van der Waals surface area contributed by atoms with Crippen molar-refractivity contribution in [1.82, 2.24) is 0 Å². The molecule has 2 aliphatic rings. The molecule has 0 bridgehead atoms. The third-order valence-electron chi connectivity index (χ3n) is 4.71. The molecular weight excluding hydrogens is 372 g/mol. The third-order valence-corrected chi connectivity index (χ3v) is 6.16. The van der Waals surface area contributed by atoms with Crippen LogP contribution in [-0.2, 0) is 12.8 Å². The molecule has 1 amide bonds. The fourth-order valence-corrected chi connectivity index (χ4v) is 5.00. The van der Waals surface area contributed by atoms with E-state index >= 15 is 0 Å². The molecule has 1 aliphatic heterocycles. The van der Waals surface area contributed by atoms with E-state index in [9.17, 15) is 10.1 Å². The van der Waals surface area contributed by atoms with Gasteiger partial charge in [-0.15, -0.1) is 11.3 Å². The number of thiophene rings is 1. The minimum absolute atomic E-state index is 0.313. The van der Waals surface area contributed by atoms with Crippen LogP contribution in [0.15, 0.2) is 12.1 Å². The Balaban J connectivity index is 1.63. The Morgan fingerprint density at radius 1 is 1.38 bits per heavy atom. The van der Waals surface area contributed by atoms with Gasteiger partial charge in [0.1, 0.15) is 24.3 Å². The summed E-state index contributed by atoms with van der Waals surface area (Å²) in [6.07, 6.45) is 2.92. The Labute approximate surface area is 160 Å². The van der Waals surface area contributed by atoms with Gasteiger partial charge in [-0.1, -0.05) is 18.5 Å². The molecule has 2 aromatic rings. The van der Waals surface area contributed by atoms with Gasteiger partial charge in [0.15, 0.2) is 11.5 Å². The first-order valence-corrected chi connectivity index (χ1v) is 9.71. The van der Waals surface area contributed by atoms with E-state index in [0.29, 0.717) is 51.8 Å². The highest BCUT2D eigenvalue weighted by Crippen LogP contribution is 2.41. The van der Waals surface area contributed by atoms with Gasteiger partial charge in [-0.25, -0.2) is 0 Å². The molecule has 2 heterocycles. The quantitative estimate of drug-likeness (QED) is 0.826. The molecule has 4 rings (SSSR count). The molecule has 134 valence electrons. The Hall–Kier alpha value is -2.23. The zero-order valence-corrected chi connectivity index (χ0v) is 15.8. The van der Waals surface area contributed by atoms with Gasteiger partial charge in [0.25, 0.3) is 5.91 Å². The second-order valence-corrected chi connectivity index (χ2v) is 8.12. The summed E-state index contributed by atoms with van der Waals surface area (Å²) in [5, 5.41) is 13.4. The van der Waals surface area contributed by atoms with Gasteiger partial charge in [-0.05, 0) is 42.9 Å². The maximum Gasteiger partial charge on any atom is 0.256 e. The standard InChI is InChI=1S/C19H17ClN2O3S/c1-10-2-3-12-13(9-21)19(26-16(12)6-10)22-18(23)11-7-14(20)17-15(8-11)24-4-5-25-17/h7-8,10H,2-6H2,1H3,(H,22,23)/t10-/m0/s1. The molecule has 1 aliphatic carbocycles. The van der Waals surface area contributed by atoms with Gasteiger partial charge in [0, 0.05) is 10.4 Å². The Bertz CT molecular complexity index is 932. The molecular formula is C19H17ClN2O3S. The summed E-state index contributed by atoms with van der Waals surface area (Å²) >= 11 is 7.72. The van der Waals surface area contributed by atoms with Crippen molar-refractivity contribution in [2.24, 2.45) is 5.92 Å². The summed E-state index contributed by atoms with van der Waals surface area (Å²) in [5.41, 5.74) is 2.06. The van der Waals surface area contributed by atoms with Gasteiger partial charge in [0.05, 0.1) is 10.6 Å². The lowest BCUT2D eigenvalue weighted by Crippen LogP contribution is -2.17. The van der Waals surface area contributed by atoms with Gasteiger partial charge >= 0.3 is 0 Å². The second-order valence-electron chi connectivity index (χ2n) is 6.60. The fraction of sp³-hybridized carbons (Fsp3) is 0.368. The predicted molar refractivity (Wildman–Crippen MR) is 101 cm³/mol. The lowest BCUT2D eigenvalue weighted by atomic mass is 9.88. The lowest BCUT2D eigenvalue weighted by molar-refractivity contribution is 0.102. The van der Waals surface area contributed by atoms with E-state index in [1.54, 1.807) is 12.1 Å². The van der Waals surface area contributed by atoms with Crippen molar-refractivity contribution in [2.45, 2.75) is 26.2 Å². The SMILES string of the molecule is C[C@H]1CCc2c(sc(NC(=O)c3cc(Cl)c4c(c3)OCCO4)c2C#N)C1. The molecule has 1 aromatic carbocycles. The largest absolute Gasteiger partial charge is 0.486 e.